The molecule has 1 fully saturated rings. The van der Waals surface area contributed by atoms with Crippen LogP contribution in [-0.4, -0.2) is 43.2 Å². The number of piperazine rings is 1. The fraction of sp³-hybridized carbons (Fsp3) is 0.556. The highest BCUT2D eigenvalue weighted by atomic mass is 35.5. The number of anilines is 2. The summed E-state index contributed by atoms with van der Waals surface area (Å²) in [5.74, 6) is 1.69. The number of nitrogens with zero attached hydrogens (tertiary/aromatic N) is 3. The average molecular weight is 230 g/mol. The molecule has 1 aliphatic rings. The van der Waals surface area contributed by atoms with Gasteiger partial charge in [0, 0.05) is 39.4 Å². The molecule has 0 amide bonds. The highest BCUT2D eigenvalue weighted by Gasteiger charge is 2.12. The number of nitrogens with one attached hydrogen (secondary N) is 2. The maximum absolute atomic E-state index is 4.39. The van der Waals surface area contributed by atoms with E-state index < -0.39 is 0 Å². The van der Waals surface area contributed by atoms with Crippen LogP contribution in [-0.2, 0) is 0 Å². The topological polar surface area (TPSA) is 53.1 Å². The monoisotopic (exact) mass is 229 g/mol. The van der Waals surface area contributed by atoms with Gasteiger partial charge >= 0.3 is 0 Å². The standard InChI is InChI=1S/C9H15N5.ClH/c1-10-8-2-3-12-9(13-8)14-6-4-11-5-7-14;/h2-3,11H,4-7H2,1H3,(H,10,12,13);1H. The molecular weight excluding hydrogens is 214 g/mol. The predicted molar refractivity (Wildman–Crippen MR) is 63.9 cm³/mol. The lowest BCUT2D eigenvalue weighted by Crippen LogP contribution is -2.44. The molecule has 0 spiro atoms. The average Bonchev–Trinajstić information content (AvgIpc) is 2.30. The van der Waals surface area contributed by atoms with Crippen LogP contribution in [0.15, 0.2) is 12.3 Å². The van der Waals surface area contributed by atoms with E-state index in [2.05, 4.69) is 25.5 Å². The third kappa shape index (κ3) is 2.94. The Hall–Kier alpha value is -1.07. The van der Waals surface area contributed by atoms with Gasteiger partial charge in [0.15, 0.2) is 0 Å². The van der Waals surface area contributed by atoms with Gasteiger partial charge in [-0.2, -0.15) is 4.98 Å². The van der Waals surface area contributed by atoms with Crippen LogP contribution in [0.5, 0.6) is 0 Å². The van der Waals surface area contributed by atoms with Crippen LogP contribution in [0.1, 0.15) is 0 Å². The van der Waals surface area contributed by atoms with Crippen molar-refractivity contribution in [3.8, 4) is 0 Å². The maximum Gasteiger partial charge on any atom is 0.227 e. The van der Waals surface area contributed by atoms with Crippen molar-refractivity contribution in [3.05, 3.63) is 12.3 Å². The maximum atomic E-state index is 4.39. The van der Waals surface area contributed by atoms with Gasteiger partial charge in [-0.05, 0) is 6.07 Å². The van der Waals surface area contributed by atoms with Crippen molar-refractivity contribution in [1.82, 2.24) is 15.3 Å². The van der Waals surface area contributed by atoms with E-state index in [1.54, 1.807) is 6.20 Å². The van der Waals surface area contributed by atoms with E-state index in [-0.39, 0.29) is 12.4 Å². The Kier molecular flexibility index (Phi) is 4.58. The van der Waals surface area contributed by atoms with Crippen LogP contribution < -0.4 is 15.5 Å². The van der Waals surface area contributed by atoms with Gasteiger partial charge in [-0.3, -0.25) is 0 Å². The van der Waals surface area contributed by atoms with Crippen molar-refractivity contribution >= 4 is 24.2 Å². The smallest absolute Gasteiger partial charge is 0.227 e. The molecule has 0 aliphatic carbocycles. The second-order valence-electron chi connectivity index (χ2n) is 3.23. The molecule has 0 unspecified atom stereocenters. The molecule has 0 atom stereocenters. The van der Waals surface area contributed by atoms with Gasteiger partial charge in [-0.25, -0.2) is 4.98 Å². The lowest BCUT2D eigenvalue weighted by molar-refractivity contribution is 0.580. The number of aromatic nitrogens is 2. The van der Waals surface area contributed by atoms with Crippen molar-refractivity contribution in [2.45, 2.75) is 0 Å². The molecule has 1 aliphatic heterocycles. The predicted octanol–water partition coefficient (Wildman–Crippen LogP) is 0.350. The van der Waals surface area contributed by atoms with Crippen LogP contribution in [0.25, 0.3) is 0 Å². The Morgan fingerprint density at radius 3 is 2.80 bits per heavy atom. The molecule has 15 heavy (non-hydrogen) atoms. The second-order valence-corrected chi connectivity index (χ2v) is 3.23. The van der Waals surface area contributed by atoms with Crippen LogP contribution >= 0.6 is 12.4 Å². The first-order valence-electron chi connectivity index (χ1n) is 4.86. The summed E-state index contributed by atoms with van der Waals surface area (Å²) in [6.07, 6.45) is 1.79. The molecule has 6 heteroatoms. The zero-order valence-electron chi connectivity index (χ0n) is 8.73. The minimum absolute atomic E-state index is 0. The van der Waals surface area contributed by atoms with Crippen molar-refractivity contribution in [3.63, 3.8) is 0 Å². The summed E-state index contributed by atoms with van der Waals surface area (Å²) < 4.78 is 0. The number of rotatable bonds is 2. The Labute approximate surface area is 95.7 Å². The van der Waals surface area contributed by atoms with E-state index in [9.17, 15) is 0 Å². The molecule has 5 nitrogen and oxygen atoms in total. The quantitative estimate of drug-likeness (QED) is 0.767. The Morgan fingerprint density at radius 2 is 2.13 bits per heavy atom. The lowest BCUT2D eigenvalue weighted by Gasteiger charge is -2.27. The van der Waals surface area contributed by atoms with E-state index in [0.29, 0.717) is 0 Å². The zero-order valence-corrected chi connectivity index (χ0v) is 9.55. The number of halogens is 1. The van der Waals surface area contributed by atoms with Crippen LogP contribution in [0.3, 0.4) is 0 Å². The highest BCUT2D eigenvalue weighted by Crippen LogP contribution is 2.10. The van der Waals surface area contributed by atoms with Gasteiger partial charge in [-0.1, -0.05) is 0 Å². The van der Waals surface area contributed by atoms with E-state index in [1.165, 1.54) is 0 Å². The summed E-state index contributed by atoms with van der Waals surface area (Å²) in [7, 11) is 1.86. The molecule has 0 radical (unpaired) electrons. The Morgan fingerprint density at radius 1 is 1.40 bits per heavy atom. The first-order valence-corrected chi connectivity index (χ1v) is 4.86. The minimum atomic E-state index is 0. The fourth-order valence-electron chi connectivity index (χ4n) is 1.50. The molecule has 84 valence electrons. The Balaban J connectivity index is 0.00000112. The summed E-state index contributed by atoms with van der Waals surface area (Å²) in [4.78, 5) is 10.8. The van der Waals surface area contributed by atoms with Gasteiger partial charge < -0.3 is 15.5 Å². The first-order chi connectivity index (χ1) is 6.90. The van der Waals surface area contributed by atoms with E-state index in [0.717, 1.165) is 37.9 Å². The third-order valence-electron chi connectivity index (χ3n) is 2.30. The van der Waals surface area contributed by atoms with E-state index >= 15 is 0 Å². The summed E-state index contributed by atoms with van der Waals surface area (Å²) in [5, 5.41) is 6.31. The molecule has 2 rings (SSSR count). The largest absolute Gasteiger partial charge is 0.373 e. The highest BCUT2D eigenvalue weighted by molar-refractivity contribution is 5.85. The molecule has 0 aromatic carbocycles. The van der Waals surface area contributed by atoms with Crippen molar-refractivity contribution < 1.29 is 0 Å². The molecular formula is C9H16ClN5. The first kappa shape index (κ1) is 12.0. The molecule has 2 N–H and O–H groups in total. The molecule has 2 heterocycles. The third-order valence-corrected chi connectivity index (χ3v) is 2.30. The summed E-state index contributed by atoms with van der Waals surface area (Å²) in [5.41, 5.74) is 0. The van der Waals surface area contributed by atoms with Crippen LogP contribution in [0, 0.1) is 0 Å². The second kappa shape index (κ2) is 5.72. The normalized spacial score (nSPS) is 15.7. The zero-order chi connectivity index (χ0) is 9.80. The van der Waals surface area contributed by atoms with E-state index in [1.807, 2.05) is 13.1 Å². The molecule has 0 bridgehead atoms. The Bertz CT molecular complexity index is 300. The van der Waals surface area contributed by atoms with Crippen LogP contribution in [0.4, 0.5) is 11.8 Å². The van der Waals surface area contributed by atoms with Crippen molar-refractivity contribution in [1.29, 1.82) is 0 Å². The van der Waals surface area contributed by atoms with Crippen molar-refractivity contribution in [2.75, 3.05) is 43.4 Å². The minimum Gasteiger partial charge on any atom is -0.373 e. The molecule has 1 aromatic heterocycles. The summed E-state index contributed by atoms with van der Waals surface area (Å²) >= 11 is 0. The van der Waals surface area contributed by atoms with Crippen molar-refractivity contribution in [2.24, 2.45) is 0 Å². The number of hydrogen-bond acceptors (Lipinski definition) is 5. The van der Waals surface area contributed by atoms with Gasteiger partial charge in [0.2, 0.25) is 5.95 Å². The van der Waals surface area contributed by atoms with E-state index in [4.69, 9.17) is 0 Å². The van der Waals surface area contributed by atoms with Gasteiger partial charge in [0.05, 0.1) is 0 Å². The molecule has 0 saturated carbocycles. The van der Waals surface area contributed by atoms with Gasteiger partial charge in [0.25, 0.3) is 0 Å². The van der Waals surface area contributed by atoms with Gasteiger partial charge in [-0.15, -0.1) is 12.4 Å². The molecule has 1 aromatic rings. The lowest BCUT2D eigenvalue weighted by atomic mass is 10.4. The van der Waals surface area contributed by atoms with Crippen LogP contribution in [0.2, 0.25) is 0 Å². The van der Waals surface area contributed by atoms with Gasteiger partial charge in [0.1, 0.15) is 5.82 Å². The number of hydrogen-bond donors (Lipinski definition) is 2. The molecule has 1 saturated heterocycles. The summed E-state index contributed by atoms with van der Waals surface area (Å²) in [6, 6.07) is 1.87. The SMILES string of the molecule is CNc1ccnc(N2CCNCC2)n1.Cl. The fourth-order valence-corrected chi connectivity index (χ4v) is 1.50. The summed E-state index contributed by atoms with van der Waals surface area (Å²) in [6.45, 7) is 3.97.